The summed E-state index contributed by atoms with van der Waals surface area (Å²) in [6, 6.07) is 0. The van der Waals surface area contributed by atoms with Crippen LogP contribution in [-0.4, -0.2) is 23.1 Å². The first-order chi connectivity index (χ1) is 4.70. The first-order valence-electron chi connectivity index (χ1n) is 3.74. The second kappa shape index (κ2) is 3.19. The molecule has 0 amide bonds. The fraction of sp³-hybridized carbons (Fsp3) is 0.857. The number of nitrogens with zero attached hydrogens (tertiary/aromatic N) is 1. The van der Waals surface area contributed by atoms with E-state index >= 15 is 0 Å². The zero-order valence-electron chi connectivity index (χ0n) is 6.34. The van der Waals surface area contributed by atoms with E-state index in [2.05, 4.69) is 11.8 Å². The highest BCUT2D eigenvalue weighted by molar-refractivity contribution is 7.80. The summed E-state index contributed by atoms with van der Waals surface area (Å²) in [5.41, 5.74) is 5.49. The van der Waals surface area contributed by atoms with E-state index in [-0.39, 0.29) is 0 Å². The molecule has 1 aliphatic rings. The van der Waals surface area contributed by atoms with E-state index in [0.717, 1.165) is 19.0 Å². The van der Waals surface area contributed by atoms with Crippen molar-refractivity contribution in [1.82, 2.24) is 4.90 Å². The molecule has 1 saturated heterocycles. The third-order valence-corrected chi connectivity index (χ3v) is 2.23. The van der Waals surface area contributed by atoms with Crippen LogP contribution in [-0.2, 0) is 0 Å². The molecule has 10 heavy (non-hydrogen) atoms. The van der Waals surface area contributed by atoms with E-state index in [1.807, 2.05) is 0 Å². The number of hydrogen-bond acceptors (Lipinski definition) is 1. The molecule has 3 heteroatoms. The maximum Gasteiger partial charge on any atom is 0.166 e. The van der Waals surface area contributed by atoms with Gasteiger partial charge in [0, 0.05) is 13.1 Å². The average molecular weight is 158 g/mol. The van der Waals surface area contributed by atoms with Gasteiger partial charge in [-0.3, -0.25) is 0 Å². The molecule has 0 radical (unpaired) electrons. The summed E-state index contributed by atoms with van der Waals surface area (Å²) in [4.78, 5) is 2.09. The number of nitrogens with two attached hydrogens (primary N) is 1. The van der Waals surface area contributed by atoms with Gasteiger partial charge in [-0.15, -0.1) is 0 Å². The van der Waals surface area contributed by atoms with Crippen molar-refractivity contribution in [3.8, 4) is 0 Å². The van der Waals surface area contributed by atoms with Crippen LogP contribution in [0.25, 0.3) is 0 Å². The Morgan fingerprint density at radius 2 is 2.40 bits per heavy atom. The minimum atomic E-state index is 0.562. The lowest BCUT2D eigenvalue weighted by molar-refractivity contribution is 0.275. The lowest BCUT2D eigenvalue weighted by Crippen LogP contribution is -2.42. The SMILES string of the molecule is CC1CCCN(C(N)=S)C1. The molecule has 0 aromatic heterocycles. The normalized spacial score (nSPS) is 26.5. The molecule has 2 N–H and O–H groups in total. The molecule has 2 nitrogen and oxygen atoms in total. The average Bonchev–Trinajstić information content (AvgIpc) is 1.88. The minimum absolute atomic E-state index is 0.562. The van der Waals surface area contributed by atoms with Crippen LogP contribution in [0.15, 0.2) is 0 Å². The maximum absolute atomic E-state index is 5.49. The Hall–Kier alpha value is -0.310. The number of rotatable bonds is 0. The largest absolute Gasteiger partial charge is 0.376 e. The van der Waals surface area contributed by atoms with Gasteiger partial charge in [-0.25, -0.2) is 0 Å². The zero-order valence-corrected chi connectivity index (χ0v) is 7.16. The van der Waals surface area contributed by atoms with Gasteiger partial charge in [0.1, 0.15) is 0 Å². The van der Waals surface area contributed by atoms with Gasteiger partial charge in [0.2, 0.25) is 0 Å². The maximum atomic E-state index is 5.49. The standard InChI is InChI=1S/C7H14N2S/c1-6-3-2-4-9(5-6)7(8)10/h6H,2-5H2,1H3,(H2,8,10). The molecular weight excluding hydrogens is 144 g/mol. The van der Waals surface area contributed by atoms with E-state index in [0.29, 0.717) is 5.11 Å². The lowest BCUT2D eigenvalue weighted by Gasteiger charge is -2.31. The summed E-state index contributed by atoms with van der Waals surface area (Å²) < 4.78 is 0. The number of piperidine rings is 1. The summed E-state index contributed by atoms with van der Waals surface area (Å²) >= 11 is 4.87. The van der Waals surface area contributed by atoms with E-state index in [1.165, 1.54) is 12.8 Å². The van der Waals surface area contributed by atoms with E-state index in [1.54, 1.807) is 0 Å². The topological polar surface area (TPSA) is 29.3 Å². The first-order valence-corrected chi connectivity index (χ1v) is 4.15. The Labute approximate surface area is 67.4 Å². The second-order valence-corrected chi connectivity index (χ2v) is 3.45. The molecule has 0 saturated carbocycles. The van der Waals surface area contributed by atoms with Crippen molar-refractivity contribution in [2.45, 2.75) is 19.8 Å². The molecular formula is C7H14N2S. The van der Waals surface area contributed by atoms with Gasteiger partial charge < -0.3 is 10.6 Å². The second-order valence-electron chi connectivity index (χ2n) is 3.03. The summed E-state index contributed by atoms with van der Waals surface area (Å²) in [5.74, 6) is 0.759. The van der Waals surface area contributed by atoms with Gasteiger partial charge in [0.25, 0.3) is 0 Å². The van der Waals surface area contributed by atoms with Crippen LogP contribution < -0.4 is 5.73 Å². The van der Waals surface area contributed by atoms with Crippen molar-refractivity contribution in [2.75, 3.05) is 13.1 Å². The first kappa shape index (κ1) is 7.79. The Kier molecular flexibility index (Phi) is 2.49. The highest BCUT2D eigenvalue weighted by Crippen LogP contribution is 2.14. The van der Waals surface area contributed by atoms with Crippen molar-refractivity contribution in [1.29, 1.82) is 0 Å². The minimum Gasteiger partial charge on any atom is -0.376 e. The van der Waals surface area contributed by atoms with Crippen molar-refractivity contribution in [3.63, 3.8) is 0 Å². The van der Waals surface area contributed by atoms with E-state index in [4.69, 9.17) is 18.0 Å². The highest BCUT2D eigenvalue weighted by Gasteiger charge is 2.15. The predicted molar refractivity (Wildman–Crippen MR) is 46.8 cm³/mol. The monoisotopic (exact) mass is 158 g/mol. The van der Waals surface area contributed by atoms with Gasteiger partial charge >= 0.3 is 0 Å². The van der Waals surface area contributed by atoms with Crippen molar-refractivity contribution in [3.05, 3.63) is 0 Å². The van der Waals surface area contributed by atoms with Crippen molar-refractivity contribution < 1.29 is 0 Å². The molecule has 58 valence electrons. The molecule has 0 spiro atoms. The fourth-order valence-corrected chi connectivity index (χ4v) is 1.56. The van der Waals surface area contributed by atoms with Crippen LogP contribution in [0.2, 0.25) is 0 Å². The predicted octanol–water partition coefficient (Wildman–Crippen LogP) is 0.962. The van der Waals surface area contributed by atoms with Crippen LogP contribution in [0.4, 0.5) is 0 Å². The molecule has 0 aromatic carbocycles. The highest BCUT2D eigenvalue weighted by atomic mass is 32.1. The van der Waals surface area contributed by atoms with Gasteiger partial charge in [0.05, 0.1) is 0 Å². The van der Waals surface area contributed by atoms with Crippen LogP contribution >= 0.6 is 12.2 Å². The quantitative estimate of drug-likeness (QED) is 0.532. The molecule has 1 unspecified atom stereocenters. The Morgan fingerprint density at radius 3 is 2.80 bits per heavy atom. The summed E-state index contributed by atoms with van der Waals surface area (Å²) in [5, 5.41) is 0.562. The Morgan fingerprint density at radius 1 is 1.70 bits per heavy atom. The van der Waals surface area contributed by atoms with E-state index < -0.39 is 0 Å². The van der Waals surface area contributed by atoms with Crippen LogP contribution in [0.5, 0.6) is 0 Å². The van der Waals surface area contributed by atoms with Gasteiger partial charge in [-0.2, -0.15) is 0 Å². The van der Waals surface area contributed by atoms with Crippen molar-refractivity contribution >= 4 is 17.3 Å². The number of likely N-dealkylation sites (tertiary alicyclic amines) is 1. The molecule has 1 aliphatic heterocycles. The molecule has 1 rings (SSSR count). The molecule has 1 heterocycles. The summed E-state index contributed by atoms with van der Waals surface area (Å²) in [6.07, 6.45) is 2.55. The van der Waals surface area contributed by atoms with Gasteiger partial charge in [-0.05, 0) is 31.0 Å². The lowest BCUT2D eigenvalue weighted by atomic mass is 10.0. The molecule has 1 fully saturated rings. The third kappa shape index (κ3) is 1.84. The fourth-order valence-electron chi connectivity index (χ4n) is 1.39. The van der Waals surface area contributed by atoms with Crippen molar-refractivity contribution in [2.24, 2.45) is 11.7 Å². The third-order valence-electron chi connectivity index (χ3n) is 1.97. The van der Waals surface area contributed by atoms with Crippen LogP contribution in [0.3, 0.4) is 0 Å². The molecule has 0 aliphatic carbocycles. The smallest absolute Gasteiger partial charge is 0.166 e. The zero-order chi connectivity index (χ0) is 7.56. The molecule has 0 bridgehead atoms. The van der Waals surface area contributed by atoms with Crippen LogP contribution in [0, 0.1) is 5.92 Å². The number of hydrogen-bond donors (Lipinski definition) is 1. The Balaban J connectivity index is 2.39. The summed E-state index contributed by atoms with van der Waals surface area (Å²) in [6.45, 7) is 4.35. The molecule has 1 atom stereocenters. The Bertz CT molecular complexity index is 136. The molecule has 0 aromatic rings. The van der Waals surface area contributed by atoms with Crippen LogP contribution in [0.1, 0.15) is 19.8 Å². The number of thiocarbonyl (C=S) groups is 1. The van der Waals surface area contributed by atoms with Gasteiger partial charge in [0.15, 0.2) is 5.11 Å². The summed E-state index contributed by atoms with van der Waals surface area (Å²) in [7, 11) is 0. The van der Waals surface area contributed by atoms with Gasteiger partial charge in [-0.1, -0.05) is 6.92 Å². The van der Waals surface area contributed by atoms with E-state index in [9.17, 15) is 0 Å².